The van der Waals surface area contributed by atoms with Gasteiger partial charge in [0.15, 0.2) is 0 Å². The van der Waals surface area contributed by atoms with Crippen molar-refractivity contribution >= 4 is 0 Å². The molecule has 1 fully saturated rings. The number of aryl methyl sites for hydroxylation is 1. The lowest BCUT2D eigenvalue weighted by atomic mass is 9.78. The second-order valence-electron chi connectivity index (χ2n) is 6.69. The van der Waals surface area contributed by atoms with E-state index in [-0.39, 0.29) is 0 Å². The molecule has 0 atom stereocenters. The summed E-state index contributed by atoms with van der Waals surface area (Å²) in [5.41, 5.74) is 2.00. The Morgan fingerprint density at radius 1 is 1.32 bits per heavy atom. The third-order valence-electron chi connectivity index (χ3n) is 4.58. The van der Waals surface area contributed by atoms with Crippen LogP contribution < -0.4 is 5.32 Å². The first-order chi connectivity index (χ1) is 9.15. The zero-order valence-electron chi connectivity index (χ0n) is 12.9. The average Bonchev–Trinajstić information content (AvgIpc) is 2.98. The van der Waals surface area contributed by atoms with Crippen LogP contribution in [0.5, 0.6) is 0 Å². The van der Waals surface area contributed by atoms with Gasteiger partial charge in [-0.1, -0.05) is 26.7 Å². The van der Waals surface area contributed by atoms with E-state index >= 15 is 0 Å². The Bertz CT molecular complexity index is 372. The van der Waals surface area contributed by atoms with Crippen LogP contribution in [0.25, 0.3) is 0 Å². The Morgan fingerprint density at radius 2 is 2.05 bits per heavy atom. The van der Waals surface area contributed by atoms with Crippen LogP contribution in [0.4, 0.5) is 0 Å². The Hall–Kier alpha value is -0.760. The molecule has 1 heterocycles. The van der Waals surface area contributed by atoms with Gasteiger partial charge < -0.3 is 9.88 Å². The second kappa shape index (κ2) is 6.60. The number of nitrogens with one attached hydrogen (secondary N) is 1. The molecule has 1 aromatic heterocycles. The minimum Gasteiger partial charge on any atom is -0.351 e. The van der Waals surface area contributed by atoms with Gasteiger partial charge in [0.25, 0.3) is 0 Å². The van der Waals surface area contributed by atoms with Crippen LogP contribution in [0.2, 0.25) is 0 Å². The molecule has 2 nitrogen and oxygen atoms in total. The quantitative estimate of drug-likeness (QED) is 0.779. The molecule has 108 valence electrons. The normalized spacial score (nSPS) is 18.3. The van der Waals surface area contributed by atoms with E-state index in [2.05, 4.69) is 49.0 Å². The summed E-state index contributed by atoms with van der Waals surface area (Å²) in [5.74, 6) is 0.819. The van der Waals surface area contributed by atoms with E-state index in [9.17, 15) is 0 Å². The average molecular weight is 262 g/mol. The van der Waals surface area contributed by atoms with Crippen LogP contribution >= 0.6 is 0 Å². The molecule has 0 bridgehead atoms. The van der Waals surface area contributed by atoms with Gasteiger partial charge >= 0.3 is 0 Å². The molecular weight excluding hydrogens is 232 g/mol. The van der Waals surface area contributed by atoms with Crippen LogP contribution in [-0.4, -0.2) is 11.1 Å². The molecule has 0 radical (unpaired) electrons. The molecule has 0 saturated heterocycles. The van der Waals surface area contributed by atoms with Gasteiger partial charge in [0.1, 0.15) is 0 Å². The minimum absolute atomic E-state index is 0.581. The van der Waals surface area contributed by atoms with Crippen LogP contribution in [0, 0.1) is 11.3 Å². The number of aromatic nitrogens is 1. The fourth-order valence-electron chi connectivity index (χ4n) is 3.82. The molecular formula is C17H30N2. The van der Waals surface area contributed by atoms with Crippen molar-refractivity contribution < 1.29 is 0 Å². The van der Waals surface area contributed by atoms with E-state index < -0.39 is 0 Å². The van der Waals surface area contributed by atoms with Crippen molar-refractivity contribution in [2.75, 3.05) is 6.54 Å². The molecule has 1 aliphatic rings. The van der Waals surface area contributed by atoms with Crippen LogP contribution in [0.3, 0.4) is 0 Å². The maximum absolute atomic E-state index is 3.73. The second-order valence-corrected chi connectivity index (χ2v) is 6.69. The fraction of sp³-hybridized carbons (Fsp3) is 0.765. The van der Waals surface area contributed by atoms with Crippen molar-refractivity contribution in [3.8, 4) is 0 Å². The van der Waals surface area contributed by atoms with Gasteiger partial charge in [0, 0.05) is 31.5 Å². The van der Waals surface area contributed by atoms with Crippen molar-refractivity contribution in [1.29, 1.82) is 0 Å². The first kappa shape index (κ1) is 14.6. The number of nitrogens with zero attached hydrogens (tertiary/aromatic N) is 1. The lowest BCUT2D eigenvalue weighted by molar-refractivity contribution is 0.223. The van der Waals surface area contributed by atoms with Crippen LogP contribution in [-0.2, 0) is 13.1 Å². The van der Waals surface area contributed by atoms with Crippen LogP contribution in [0.15, 0.2) is 18.3 Å². The molecule has 1 aliphatic carbocycles. The van der Waals surface area contributed by atoms with Crippen molar-refractivity contribution in [3.63, 3.8) is 0 Å². The van der Waals surface area contributed by atoms with E-state index in [0.29, 0.717) is 5.41 Å². The maximum Gasteiger partial charge on any atom is 0.0359 e. The minimum atomic E-state index is 0.581. The molecule has 1 aromatic rings. The molecule has 0 unspecified atom stereocenters. The molecule has 0 aliphatic heterocycles. The first-order valence-electron chi connectivity index (χ1n) is 8.00. The number of rotatable bonds is 7. The predicted octanol–water partition coefficient (Wildman–Crippen LogP) is 4.20. The summed E-state index contributed by atoms with van der Waals surface area (Å²) in [7, 11) is 0. The standard InChI is InChI=1S/C17H30N2/c1-4-19-11-7-8-16(19)13-18-14-17(12-15(2)3)9-5-6-10-17/h7-8,11,15,18H,4-6,9-10,12-14H2,1-3H3. The van der Waals surface area contributed by atoms with E-state index in [4.69, 9.17) is 0 Å². The van der Waals surface area contributed by atoms with E-state index in [1.807, 2.05) is 0 Å². The van der Waals surface area contributed by atoms with Gasteiger partial charge in [-0.05, 0) is 49.7 Å². The monoisotopic (exact) mass is 262 g/mol. The van der Waals surface area contributed by atoms with E-state index in [0.717, 1.165) is 19.0 Å². The van der Waals surface area contributed by atoms with Gasteiger partial charge in [-0.25, -0.2) is 0 Å². The Kier molecular flexibility index (Phi) is 5.09. The lowest BCUT2D eigenvalue weighted by Gasteiger charge is -2.31. The molecule has 0 spiro atoms. The topological polar surface area (TPSA) is 17.0 Å². The number of hydrogen-bond acceptors (Lipinski definition) is 1. The summed E-state index contributed by atoms with van der Waals surface area (Å²) in [6.07, 6.45) is 9.27. The van der Waals surface area contributed by atoms with E-state index in [1.165, 1.54) is 44.3 Å². The van der Waals surface area contributed by atoms with Crippen molar-refractivity contribution in [2.45, 2.75) is 66.0 Å². The van der Waals surface area contributed by atoms with Crippen LogP contribution in [0.1, 0.15) is 58.6 Å². The Labute approximate surface area is 118 Å². The summed E-state index contributed by atoms with van der Waals surface area (Å²) in [6, 6.07) is 4.39. The van der Waals surface area contributed by atoms with Gasteiger partial charge in [-0.3, -0.25) is 0 Å². The highest BCUT2D eigenvalue weighted by Gasteiger charge is 2.33. The van der Waals surface area contributed by atoms with Crippen molar-refractivity contribution in [1.82, 2.24) is 9.88 Å². The summed E-state index contributed by atoms with van der Waals surface area (Å²) in [6.45, 7) is 10.2. The molecule has 0 amide bonds. The molecule has 1 saturated carbocycles. The van der Waals surface area contributed by atoms with E-state index in [1.54, 1.807) is 0 Å². The molecule has 1 N–H and O–H groups in total. The first-order valence-corrected chi connectivity index (χ1v) is 8.00. The van der Waals surface area contributed by atoms with Gasteiger partial charge in [-0.15, -0.1) is 0 Å². The van der Waals surface area contributed by atoms with Crippen molar-refractivity contribution in [3.05, 3.63) is 24.0 Å². The zero-order chi connectivity index (χ0) is 13.7. The third kappa shape index (κ3) is 3.85. The lowest BCUT2D eigenvalue weighted by Crippen LogP contribution is -2.33. The Morgan fingerprint density at radius 3 is 2.68 bits per heavy atom. The molecule has 19 heavy (non-hydrogen) atoms. The molecule has 2 rings (SSSR count). The van der Waals surface area contributed by atoms with Gasteiger partial charge in [-0.2, -0.15) is 0 Å². The van der Waals surface area contributed by atoms with Crippen molar-refractivity contribution in [2.24, 2.45) is 11.3 Å². The summed E-state index contributed by atoms with van der Waals surface area (Å²) >= 11 is 0. The van der Waals surface area contributed by atoms with Gasteiger partial charge in [0.2, 0.25) is 0 Å². The largest absolute Gasteiger partial charge is 0.351 e. The third-order valence-corrected chi connectivity index (χ3v) is 4.58. The predicted molar refractivity (Wildman–Crippen MR) is 82.2 cm³/mol. The summed E-state index contributed by atoms with van der Waals surface area (Å²) in [4.78, 5) is 0. The summed E-state index contributed by atoms with van der Waals surface area (Å²) < 4.78 is 2.33. The molecule has 0 aromatic carbocycles. The maximum atomic E-state index is 3.73. The smallest absolute Gasteiger partial charge is 0.0359 e. The zero-order valence-corrected chi connectivity index (χ0v) is 12.9. The number of hydrogen-bond donors (Lipinski definition) is 1. The fourth-order valence-corrected chi connectivity index (χ4v) is 3.82. The highest BCUT2D eigenvalue weighted by atomic mass is 15.0. The Balaban J connectivity index is 1.86. The SMILES string of the molecule is CCn1cccc1CNCC1(CC(C)C)CCCC1. The highest BCUT2D eigenvalue weighted by Crippen LogP contribution is 2.42. The highest BCUT2D eigenvalue weighted by molar-refractivity contribution is 5.06. The molecule has 2 heteroatoms. The summed E-state index contributed by atoms with van der Waals surface area (Å²) in [5, 5.41) is 3.73. The van der Waals surface area contributed by atoms with Gasteiger partial charge in [0.05, 0.1) is 0 Å².